The fourth-order valence-electron chi connectivity index (χ4n) is 3.61. The van der Waals surface area contributed by atoms with Crippen LogP contribution in [0.3, 0.4) is 0 Å². The third-order valence-corrected chi connectivity index (χ3v) is 5.52. The summed E-state index contributed by atoms with van der Waals surface area (Å²) in [6.45, 7) is 1.02. The number of rotatable bonds is 5. The Kier molecular flexibility index (Phi) is 7.12. The minimum absolute atomic E-state index is 0.101. The Hall–Kier alpha value is -1.21. The van der Waals surface area contributed by atoms with Gasteiger partial charge in [0.1, 0.15) is 48.8 Å². The molecule has 12 atom stereocenters. The van der Waals surface area contributed by atoms with Gasteiger partial charge in [0.2, 0.25) is 0 Å². The molecule has 12 heteroatoms. The van der Waals surface area contributed by atoms with Gasteiger partial charge in [-0.2, -0.15) is 5.26 Å². The smallest absolute Gasteiger partial charge is 0.189 e. The molecule has 30 heavy (non-hydrogen) atoms. The number of aliphatic hydroxyl groups excluding tert-OH is 7. The van der Waals surface area contributed by atoms with Gasteiger partial charge in [-0.3, -0.25) is 0 Å². The van der Waals surface area contributed by atoms with Crippen molar-refractivity contribution in [2.45, 2.75) is 86.5 Å². The van der Waals surface area contributed by atoms with E-state index >= 15 is 0 Å². The van der Waals surface area contributed by atoms with E-state index in [-0.39, 0.29) is 6.42 Å². The second kappa shape index (κ2) is 9.11. The van der Waals surface area contributed by atoms with Crippen LogP contribution in [0.5, 0.6) is 0 Å². The maximum Gasteiger partial charge on any atom is 0.189 e. The first-order valence-corrected chi connectivity index (χ1v) is 9.56. The van der Waals surface area contributed by atoms with Gasteiger partial charge in [-0.1, -0.05) is 6.08 Å². The monoisotopic (exact) mass is 433 g/mol. The molecule has 170 valence electrons. The van der Waals surface area contributed by atoms with E-state index in [0.717, 1.165) is 0 Å². The Bertz CT molecular complexity index is 671. The third-order valence-electron chi connectivity index (χ3n) is 5.52. The first kappa shape index (κ1) is 23.5. The molecule has 0 amide bonds. The summed E-state index contributed by atoms with van der Waals surface area (Å²) in [5.41, 5.74) is -1.59. The zero-order chi connectivity index (χ0) is 22.2. The van der Waals surface area contributed by atoms with Crippen LogP contribution in [-0.2, 0) is 18.9 Å². The molecule has 2 fully saturated rings. The Balaban J connectivity index is 1.65. The van der Waals surface area contributed by atoms with Crippen LogP contribution in [0.2, 0.25) is 0 Å². The van der Waals surface area contributed by atoms with Crippen molar-refractivity contribution in [3.8, 4) is 6.07 Å². The van der Waals surface area contributed by atoms with Crippen molar-refractivity contribution in [2.75, 3.05) is 6.61 Å². The summed E-state index contributed by atoms with van der Waals surface area (Å²) in [4.78, 5) is 0. The second-order valence-corrected chi connectivity index (χ2v) is 7.78. The number of nitrogens with zero attached hydrogens (tertiary/aromatic N) is 1. The molecular weight excluding hydrogens is 406 g/mol. The SMILES string of the molecule is C[C@H]1O[C@@H](OC[C@H]2O[C@@H](O[C@@]3(C#N)C=C[C@@H](O)C3)[C@H](O)[C@@H](O)[C@@H]2O)[C@@H](O)[C@@H](O)[C@@H]1O. The summed E-state index contributed by atoms with van der Waals surface area (Å²) >= 11 is 0. The van der Waals surface area contributed by atoms with Gasteiger partial charge in [-0.25, -0.2) is 0 Å². The zero-order valence-electron chi connectivity index (χ0n) is 16.1. The van der Waals surface area contributed by atoms with Crippen molar-refractivity contribution < 1.29 is 54.7 Å². The highest BCUT2D eigenvalue weighted by Crippen LogP contribution is 2.32. The predicted molar refractivity (Wildman–Crippen MR) is 94.2 cm³/mol. The molecule has 0 unspecified atom stereocenters. The van der Waals surface area contributed by atoms with Gasteiger partial charge in [-0.15, -0.1) is 0 Å². The van der Waals surface area contributed by atoms with Crippen molar-refractivity contribution in [3.63, 3.8) is 0 Å². The fraction of sp³-hybridized carbons (Fsp3) is 0.833. The van der Waals surface area contributed by atoms with Gasteiger partial charge in [0.25, 0.3) is 0 Å². The van der Waals surface area contributed by atoms with E-state index in [1.54, 1.807) is 0 Å². The van der Waals surface area contributed by atoms with E-state index in [1.807, 2.05) is 6.07 Å². The van der Waals surface area contributed by atoms with E-state index in [1.165, 1.54) is 19.1 Å². The summed E-state index contributed by atoms with van der Waals surface area (Å²) in [5.74, 6) is 0. The van der Waals surface area contributed by atoms with E-state index in [0.29, 0.717) is 0 Å². The predicted octanol–water partition coefficient (Wildman–Crippen LogP) is -3.76. The van der Waals surface area contributed by atoms with Crippen LogP contribution in [0.1, 0.15) is 13.3 Å². The summed E-state index contributed by atoms with van der Waals surface area (Å²) in [6.07, 6.45) is -12.7. The molecule has 0 radical (unpaired) electrons. The average molecular weight is 433 g/mol. The lowest BCUT2D eigenvalue weighted by molar-refractivity contribution is -0.335. The van der Waals surface area contributed by atoms with Crippen molar-refractivity contribution in [1.82, 2.24) is 0 Å². The molecule has 3 rings (SSSR count). The summed E-state index contributed by atoms with van der Waals surface area (Å²) in [5, 5.41) is 79.2. The van der Waals surface area contributed by atoms with Gasteiger partial charge < -0.3 is 54.7 Å². The quantitative estimate of drug-likeness (QED) is 0.209. The Morgan fingerprint density at radius 3 is 2.17 bits per heavy atom. The standard InChI is InChI=1S/C18H27NO11/c1-7-10(21)12(23)14(25)16(28-7)27-5-9-11(22)13(24)15(26)17(29-9)30-18(6-19)3-2-8(20)4-18/h2-3,7-17,20-26H,4-5H2,1H3/t7-,8-,9-,10-,11-,12+,13+,14+,15-,16-,17+,18+/m1/s1. The zero-order valence-corrected chi connectivity index (χ0v) is 16.1. The second-order valence-electron chi connectivity index (χ2n) is 7.78. The van der Waals surface area contributed by atoms with E-state index in [2.05, 4.69) is 0 Å². The number of hydrogen-bond acceptors (Lipinski definition) is 12. The minimum Gasteiger partial charge on any atom is -0.389 e. The number of nitriles is 1. The molecule has 3 aliphatic rings. The molecule has 0 aromatic carbocycles. The van der Waals surface area contributed by atoms with Crippen LogP contribution in [0.15, 0.2) is 12.2 Å². The lowest BCUT2D eigenvalue weighted by Crippen LogP contribution is -2.62. The van der Waals surface area contributed by atoms with Gasteiger partial charge in [-0.05, 0) is 13.0 Å². The van der Waals surface area contributed by atoms with E-state index in [4.69, 9.17) is 18.9 Å². The Morgan fingerprint density at radius 1 is 0.933 bits per heavy atom. The van der Waals surface area contributed by atoms with Crippen molar-refractivity contribution in [1.29, 1.82) is 5.26 Å². The highest BCUT2D eigenvalue weighted by Gasteiger charge is 2.49. The molecule has 0 aromatic rings. The van der Waals surface area contributed by atoms with Crippen molar-refractivity contribution in [2.24, 2.45) is 0 Å². The van der Waals surface area contributed by atoms with Crippen LogP contribution >= 0.6 is 0 Å². The Labute approximate surface area is 172 Å². The van der Waals surface area contributed by atoms with Crippen LogP contribution in [0.25, 0.3) is 0 Å². The number of aliphatic hydroxyl groups is 7. The molecule has 7 N–H and O–H groups in total. The van der Waals surface area contributed by atoms with E-state index in [9.17, 15) is 41.0 Å². The molecule has 0 bridgehead atoms. The van der Waals surface area contributed by atoms with Crippen LogP contribution in [0, 0.1) is 11.3 Å². The molecule has 2 saturated heterocycles. The molecule has 2 aliphatic heterocycles. The lowest BCUT2D eigenvalue weighted by atomic mass is 9.98. The topological polar surface area (TPSA) is 202 Å². The van der Waals surface area contributed by atoms with Gasteiger partial charge in [0, 0.05) is 6.42 Å². The van der Waals surface area contributed by atoms with Crippen LogP contribution in [-0.4, -0.2) is 115 Å². The fourth-order valence-corrected chi connectivity index (χ4v) is 3.61. The van der Waals surface area contributed by atoms with Gasteiger partial charge >= 0.3 is 0 Å². The molecule has 0 spiro atoms. The minimum atomic E-state index is -1.70. The van der Waals surface area contributed by atoms with Gasteiger partial charge in [0.05, 0.1) is 18.8 Å². The van der Waals surface area contributed by atoms with E-state index < -0.39 is 79.7 Å². The molecule has 12 nitrogen and oxygen atoms in total. The maximum absolute atomic E-state index is 10.2. The highest BCUT2D eigenvalue weighted by molar-refractivity contribution is 5.24. The lowest BCUT2D eigenvalue weighted by Gasteiger charge is -2.43. The number of ether oxygens (including phenoxy) is 4. The van der Waals surface area contributed by atoms with Gasteiger partial charge in [0.15, 0.2) is 18.2 Å². The Morgan fingerprint density at radius 2 is 1.57 bits per heavy atom. The maximum atomic E-state index is 10.2. The molecule has 1 aliphatic carbocycles. The third kappa shape index (κ3) is 4.52. The largest absolute Gasteiger partial charge is 0.389 e. The molecular formula is C18H27NO11. The van der Waals surface area contributed by atoms with Crippen molar-refractivity contribution >= 4 is 0 Å². The average Bonchev–Trinajstić information content (AvgIpc) is 3.10. The first-order valence-electron chi connectivity index (χ1n) is 9.56. The summed E-state index contributed by atoms with van der Waals surface area (Å²) < 4.78 is 21.7. The molecule has 0 saturated carbocycles. The van der Waals surface area contributed by atoms with Crippen molar-refractivity contribution in [3.05, 3.63) is 12.2 Å². The molecule has 2 heterocycles. The number of hydrogen-bond donors (Lipinski definition) is 7. The first-order chi connectivity index (χ1) is 14.1. The van der Waals surface area contributed by atoms with Crippen LogP contribution in [0.4, 0.5) is 0 Å². The molecule has 0 aromatic heterocycles. The highest BCUT2D eigenvalue weighted by atomic mass is 16.7. The summed E-state index contributed by atoms with van der Waals surface area (Å²) in [6, 6.07) is 1.88. The summed E-state index contributed by atoms with van der Waals surface area (Å²) in [7, 11) is 0. The normalized spacial score (nSPS) is 51.6. The van der Waals surface area contributed by atoms with Crippen LogP contribution < -0.4 is 0 Å².